The maximum absolute atomic E-state index is 9.81. The number of piperidine rings is 1. The number of hydrogen-bond donors (Lipinski definition) is 1. The van der Waals surface area contributed by atoms with E-state index < -0.39 is 0 Å². The second-order valence-corrected chi connectivity index (χ2v) is 5.19. The molecule has 2 nitrogen and oxygen atoms in total. The van der Waals surface area contributed by atoms with Gasteiger partial charge in [0.1, 0.15) is 0 Å². The summed E-state index contributed by atoms with van der Waals surface area (Å²) in [5.74, 6) is 2.79. The van der Waals surface area contributed by atoms with Crippen LogP contribution in [-0.2, 0) is 0 Å². The third-order valence-corrected chi connectivity index (χ3v) is 4.20. The Hall–Kier alpha value is -0.0800. The molecular weight excluding hydrogens is 162 g/mol. The maximum atomic E-state index is 9.81. The predicted molar refractivity (Wildman–Crippen MR) is 53.4 cm³/mol. The fourth-order valence-corrected chi connectivity index (χ4v) is 3.36. The van der Waals surface area contributed by atoms with E-state index >= 15 is 0 Å². The molecule has 1 aliphatic heterocycles. The number of likely N-dealkylation sites (tertiary alicyclic amines) is 1. The van der Waals surface area contributed by atoms with Crippen molar-refractivity contribution in [3.05, 3.63) is 0 Å². The Labute approximate surface area is 80.9 Å². The molecule has 76 valence electrons. The summed E-state index contributed by atoms with van der Waals surface area (Å²) in [6.45, 7) is 6.94. The molecular formula is C11H21NO. The van der Waals surface area contributed by atoms with Crippen LogP contribution in [0, 0.1) is 23.7 Å². The van der Waals surface area contributed by atoms with E-state index in [0.29, 0.717) is 5.92 Å². The molecule has 1 heterocycles. The molecule has 1 aliphatic carbocycles. The average Bonchev–Trinajstić information content (AvgIpc) is 2.32. The number of rotatable bonds is 0. The third kappa shape index (κ3) is 1.50. The molecule has 0 aromatic carbocycles. The molecule has 2 aliphatic rings. The van der Waals surface area contributed by atoms with E-state index in [-0.39, 0.29) is 6.10 Å². The number of nitrogens with zero attached hydrogens (tertiary/aromatic N) is 1. The highest BCUT2D eigenvalue weighted by Crippen LogP contribution is 2.44. The van der Waals surface area contributed by atoms with Gasteiger partial charge in [-0.1, -0.05) is 13.8 Å². The molecule has 0 aromatic rings. The Morgan fingerprint density at radius 3 is 2.54 bits per heavy atom. The second-order valence-electron chi connectivity index (χ2n) is 5.19. The normalized spacial score (nSPS) is 52.2. The molecule has 13 heavy (non-hydrogen) atoms. The lowest BCUT2D eigenvalue weighted by Gasteiger charge is -2.38. The van der Waals surface area contributed by atoms with E-state index in [2.05, 4.69) is 25.8 Å². The first kappa shape index (κ1) is 9.47. The minimum Gasteiger partial charge on any atom is -0.393 e. The van der Waals surface area contributed by atoms with Gasteiger partial charge in [-0.2, -0.15) is 0 Å². The van der Waals surface area contributed by atoms with Gasteiger partial charge in [-0.3, -0.25) is 0 Å². The Kier molecular flexibility index (Phi) is 2.37. The molecule has 5 atom stereocenters. The van der Waals surface area contributed by atoms with Crippen molar-refractivity contribution < 1.29 is 5.11 Å². The summed E-state index contributed by atoms with van der Waals surface area (Å²) in [6.07, 6.45) is 1.00. The predicted octanol–water partition coefficient (Wildman–Crippen LogP) is 1.20. The SMILES string of the molecule is C[C@H]1[C@@H]2CN(C)C[C@H](C)[C@@H]2C[C@H]1O. The molecule has 0 unspecified atom stereocenters. The summed E-state index contributed by atoms with van der Waals surface area (Å²) in [5, 5.41) is 9.81. The zero-order chi connectivity index (χ0) is 9.59. The quantitative estimate of drug-likeness (QED) is 0.610. The monoisotopic (exact) mass is 183 g/mol. The van der Waals surface area contributed by atoms with Gasteiger partial charge in [0.2, 0.25) is 0 Å². The summed E-state index contributed by atoms with van der Waals surface area (Å²) < 4.78 is 0. The highest BCUT2D eigenvalue weighted by atomic mass is 16.3. The van der Waals surface area contributed by atoms with Crippen LogP contribution in [-0.4, -0.2) is 36.2 Å². The van der Waals surface area contributed by atoms with Crippen LogP contribution in [0.25, 0.3) is 0 Å². The van der Waals surface area contributed by atoms with E-state index in [4.69, 9.17) is 0 Å². The molecule has 2 fully saturated rings. The maximum Gasteiger partial charge on any atom is 0.0571 e. The smallest absolute Gasteiger partial charge is 0.0571 e. The fraction of sp³-hybridized carbons (Fsp3) is 1.00. The molecule has 0 aromatic heterocycles. The summed E-state index contributed by atoms with van der Waals surface area (Å²) in [5.41, 5.74) is 0. The standard InChI is InChI=1S/C11H21NO/c1-7-5-12(3)6-10-8(2)11(13)4-9(7)10/h7-11,13H,4-6H2,1-3H3/t7-,8-,9-,10-,11+/m0/s1. The first-order valence-electron chi connectivity index (χ1n) is 5.46. The van der Waals surface area contributed by atoms with Crippen LogP contribution in [0.2, 0.25) is 0 Å². The van der Waals surface area contributed by atoms with Crippen LogP contribution >= 0.6 is 0 Å². The first-order chi connectivity index (χ1) is 6.09. The van der Waals surface area contributed by atoms with Crippen molar-refractivity contribution in [1.29, 1.82) is 0 Å². The average molecular weight is 183 g/mol. The van der Waals surface area contributed by atoms with Crippen molar-refractivity contribution in [3.8, 4) is 0 Å². The lowest BCUT2D eigenvalue weighted by Crippen LogP contribution is -2.42. The number of fused-ring (bicyclic) bond motifs is 1. The van der Waals surface area contributed by atoms with E-state index in [1.807, 2.05) is 0 Å². The second kappa shape index (κ2) is 3.25. The van der Waals surface area contributed by atoms with Crippen LogP contribution < -0.4 is 0 Å². The Bertz CT molecular complexity index is 195. The summed E-state index contributed by atoms with van der Waals surface area (Å²) in [6, 6.07) is 0. The van der Waals surface area contributed by atoms with Crippen LogP contribution in [0.3, 0.4) is 0 Å². The van der Waals surface area contributed by atoms with Gasteiger partial charge in [-0.25, -0.2) is 0 Å². The van der Waals surface area contributed by atoms with E-state index in [1.54, 1.807) is 0 Å². The van der Waals surface area contributed by atoms with Gasteiger partial charge >= 0.3 is 0 Å². The van der Waals surface area contributed by atoms with Gasteiger partial charge in [-0.05, 0) is 37.1 Å². The van der Waals surface area contributed by atoms with Crippen LogP contribution in [0.4, 0.5) is 0 Å². The number of aliphatic hydroxyl groups excluding tert-OH is 1. The van der Waals surface area contributed by atoms with Gasteiger partial charge in [-0.15, -0.1) is 0 Å². The van der Waals surface area contributed by atoms with E-state index in [9.17, 15) is 5.11 Å². The molecule has 1 saturated carbocycles. The number of aliphatic hydroxyl groups is 1. The fourth-order valence-electron chi connectivity index (χ4n) is 3.36. The molecule has 0 spiro atoms. The van der Waals surface area contributed by atoms with Gasteiger partial charge in [0.25, 0.3) is 0 Å². The van der Waals surface area contributed by atoms with Crippen LogP contribution in [0.5, 0.6) is 0 Å². The minimum absolute atomic E-state index is 0.0380. The zero-order valence-corrected chi connectivity index (χ0v) is 8.90. The Morgan fingerprint density at radius 2 is 1.85 bits per heavy atom. The lowest BCUT2D eigenvalue weighted by atomic mass is 9.79. The first-order valence-corrected chi connectivity index (χ1v) is 5.46. The molecule has 0 bridgehead atoms. The molecule has 1 saturated heterocycles. The van der Waals surface area contributed by atoms with Crippen molar-refractivity contribution >= 4 is 0 Å². The van der Waals surface area contributed by atoms with Crippen molar-refractivity contribution in [2.24, 2.45) is 23.7 Å². The van der Waals surface area contributed by atoms with Gasteiger partial charge in [0, 0.05) is 13.1 Å². The van der Waals surface area contributed by atoms with Crippen LogP contribution in [0.15, 0.2) is 0 Å². The summed E-state index contributed by atoms with van der Waals surface area (Å²) in [4.78, 5) is 2.42. The largest absolute Gasteiger partial charge is 0.393 e. The Morgan fingerprint density at radius 1 is 1.15 bits per heavy atom. The van der Waals surface area contributed by atoms with Gasteiger partial charge < -0.3 is 10.0 Å². The Balaban J connectivity index is 2.12. The molecule has 2 heteroatoms. The van der Waals surface area contributed by atoms with E-state index in [0.717, 1.165) is 24.2 Å². The van der Waals surface area contributed by atoms with Crippen molar-refractivity contribution in [3.63, 3.8) is 0 Å². The molecule has 1 N–H and O–H groups in total. The minimum atomic E-state index is -0.0380. The topological polar surface area (TPSA) is 23.5 Å². The molecule has 0 amide bonds. The van der Waals surface area contributed by atoms with Gasteiger partial charge in [0.15, 0.2) is 0 Å². The summed E-state index contributed by atoms with van der Waals surface area (Å²) in [7, 11) is 2.20. The highest BCUT2D eigenvalue weighted by Gasteiger charge is 2.44. The highest BCUT2D eigenvalue weighted by molar-refractivity contribution is 4.95. The number of hydrogen-bond acceptors (Lipinski definition) is 2. The van der Waals surface area contributed by atoms with Crippen molar-refractivity contribution in [2.45, 2.75) is 26.4 Å². The summed E-state index contributed by atoms with van der Waals surface area (Å²) >= 11 is 0. The van der Waals surface area contributed by atoms with Gasteiger partial charge in [0.05, 0.1) is 6.10 Å². The van der Waals surface area contributed by atoms with Crippen LogP contribution in [0.1, 0.15) is 20.3 Å². The molecule has 0 radical (unpaired) electrons. The molecule has 2 rings (SSSR count). The van der Waals surface area contributed by atoms with E-state index in [1.165, 1.54) is 13.1 Å². The van der Waals surface area contributed by atoms with Crippen molar-refractivity contribution in [2.75, 3.05) is 20.1 Å². The van der Waals surface area contributed by atoms with Crippen molar-refractivity contribution in [1.82, 2.24) is 4.90 Å². The lowest BCUT2D eigenvalue weighted by molar-refractivity contribution is 0.0850. The third-order valence-electron chi connectivity index (χ3n) is 4.20. The zero-order valence-electron chi connectivity index (χ0n) is 8.90.